The van der Waals surface area contributed by atoms with Crippen molar-refractivity contribution in [2.45, 2.75) is 31.6 Å². The molecular weight excluding hydrogens is 312 g/mol. The Bertz CT molecular complexity index is 582. The first-order chi connectivity index (χ1) is 11.6. The van der Waals surface area contributed by atoms with Gasteiger partial charge in [0, 0.05) is 6.54 Å². The van der Waals surface area contributed by atoms with E-state index in [-0.39, 0.29) is 31.1 Å². The van der Waals surface area contributed by atoms with E-state index in [0.29, 0.717) is 19.6 Å². The van der Waals surface area contributed by atoms with Crippen molar-refractivity contribution < 1.29 is 24.2 Å². The van der Waals surface area contributed by atoms with Crippen LogP contribution in [0, 0.1) is 0 Å². The molecule has 7 nitrogen and oxygen atoms in total. The van der Waals surface area contributed by atoms with Crippen LogP contribution in [0.25, 0.3) is 0 Å². The van der Waals surface area contributed by atoms with Crippen LogP contribution in [0.5, 0.6) is 5.75 Å². The van der Waals surface area contributed by atoms with E-state index in [4.69, 9.17) is 9.47 Å². The monoisotopic (exact) mass is 334 g/mol. The number of carbonyl (C=O) groups excluding carboxylic acids is 2. The molecule has 2 aliphatic heterocycles. The van der Waals surface area contributed by atoms with Gasteiger partial charge in [-0.2, -0.15) is 0 Å². The van der Waals surface area contributed by atoms with Gasteiger partial charge in [0.2, 0.25) is 0 Å². The van der Waals surface area contributed by atoms with Crippen molar-refractivity contribution in [2.24, 2.45) is 0 Å². The van der Waals surface area contributed by atoms with Crippen molar-refractivity contribution in [3.63, 3.8) is 0 Å². The maximum absolute atomic E-state index is 12.2. The van der Waals surface area contributed by atoms with Gasteiger partial charge in [-0.05, 0) is 30.5 Å². The number of imide groups is 1. The molecule has 0 unspecified atom stereocenters. The minimum Gasteiger partial charge on any atom is -0.497 e. The molecule has 3 amide bonds. The van der Waals surface area contributed by atoms with E-state index in [1.165, 1.54) is 0 Å². The molecule has 0 aliphatic carbocycles. The number of urea groups is 1. The van der Waals surface area contributed by atoms with E-state index in [1.807, 2.05) is 24.3 Å². The molecule has 3 rings (SSSR count). The summed E-state index contributed by atoms with van der Waals surface area (Å²) < 4.78 is 10.6. The largest absolute Gasteiger partial charge is 0.497 e. The van der Waals surface area contributed by atoms with Crippen LogP contribution in [-0.2, 0) is 16.1 Å². The van der Waals surface area contributed by atoms with Crippen LogP contribution < -0.4 is 4.74 Å². The van der Waals surface area contributed by atoms with E-state index >= 15 is 0 Å². The average Bonchev–Trinajstić information content (AvgIpc) is 3.15. The highest BCUT2D eigenvalue weighted by molar-refractivity contribution is 6.04. The first-order valence-electron chi connectivity index (χ1n) is 8.11. The van der Waals surface area contributed by atoms with Gasteiger partial charge in [0.25, 0.3) is 5.91 Å². The third-order valence-electron chi connectivity index (χ3n) is 4.41. The molecule has 0 spiro atoms. The Morgan fingerprint density at radius 1 is 1.29 bits per heavy atom. The van der Waals surface area contributed by atoms with Gasteiger partial charge >= 0.3 is 6.03 Å². The molecule has 2 saturated heterocycles. The molecule has 1 N–H and O–H groups in total. The zero-order chi connectivity index (χ0) is 17.1. The second kappa shape index (κ2) is 7.19. The Balaban J connectivity index is 1.45. The molecule has 24 heavy (non-hydrogen) atoms. The lowest BCUT2D eigenvalue weighted by molar-refractivity contribution is -0.129. The van der Waals surface area contributed by atoms with Gasteiger partial charge in [0.15, 0.2) is 0 Å². The number of ether oxygens (including phenoxy) is 2. The summed E-state index contributed by atoms with van der Waals surface area (Å²) in [7, 11) is 1.60. The van der Waals surface area contributed by atoms with Gasteiger partial charge in [0.05, 0.1) is 33.0 Å². The summed E-state index contributed by atoms with van der Waals surface area (Å²) in [5, 5.41) is 10.1. The summed E-state index contributed by atoms with van der Waals surface area (Å²) in [5.41, 5.74) is 0.956. The summed E-state index contributed by atoms with van der Waals surface area (Å²) in [4.78, 5) is 27.1. The molecular formula is C17H22N2O5. The summed E-state index contributed by atoms with van der Waals surface area (Å²) in [5.74, 6) is 0.567. The fraction of sp³-hybridized carbons (Fsp3) is 0.529. The van der Waals surface area contributed by atoms with Crippen LogP contribution in [0.1, 0.15) is 18.4 Å². The van der Waals surface area contributed by atoms with Crippen LogP contribution in [0.15, 0.2) is 24.3 Å². The predicted octanol–water partition coefficient (Wildman–Crippen LogP) is 0.999. The normalized spacial score (nSPS) is 21.3. The number of hydrogen-bond donors (Lipinski definition) is 1. The molecule has 0 radical (unpaired) electrons. The van der Waals surface area contributed by atoms with E-state index < -0.39 is 6.10 Å². The topological polar surface area (TPSA) is 79.3 Å². The molecule has 0 bridgehead atoms. The predicted molar refractivity (Wildman–Crippen MR) is 85.5 cm³/mol. The Hall–Kier alpha value is -2.12. The van der Waals surface area contributed by atoms with Crippen molar-refractivity contribution >= 4 is 11.9 Å². The van der Waals surface area contributed by atoms with Crippen molar-refractivity contribution in [3.8, 4) is 5.75 Å². The van der Waals surface area contributed by atoms with Gasteiger partial charge < -0.3 is 19.5 Å². The number of fused-ring (bicyclic) bond motifs is 1. The first-order valence-corrected chi connectivity index (χ1v) is 8.11. The van der Waals surface area contributed by atoms with Gasteiger partial charge in [-0.1, -0.05) is 12.1 Å². The lowest BCUT2D eigenvalue weighted by atomic mass is 10.2. The summed E-state index contributed by atoms with van der Waals surface area (Å²) >= 11 is 0. The third kappa shape index (κ3) is 3.37. The van der Waals surface area contributed by atoms with Gasteiger partial charge in [-0.25, -0.2) is 4.79 Å². The van der Waals surface area contributed by atoms with Gasteiger partial charge in [0.1, 0.15) is 11.8 Å². The molecule has 2 aliphatic rings. The highest BCUT2D eigenvalue weighted by Gasteiger charge is 2.47. The Morgan fingerprint density at radius 2 is 2.04 bits per heavy atom. The molecule has 1 aromatic rings. The van der Waals surface area contributed by atoms with Crippen molar-refractivity contribution in [2.75, 3.05) is 26.8 Å². The molecule has 2 atom stereocenters. The average molecular weight is 334 g/mol. The fourth-order valence-corrected chi connectivity index (χ4v) is 3.15. The van der Waals surface area contributed by atoms with E-state index in [9.17, 15) is 14.7 Å². The van der Waals surface area contributed by atoms with E-state index in [2.05, 4.69) is 0 Å². The van der Waals surface area contributed by atoms with Crippen molar-refractivity contribution in [1.29, 1.82) is 0 Å². The number of hydrogen-bond acceptors (Lipinski definition) is 5. The SMILES string of the molecule is COc1ccc(COC[C@@H](O)CN2C(=O)[C@@H]3CCCN3C2=O)cc1. The Kier molecular flexibility index (Phi) is 5.01. The number of carbonyl (C=O) groups is 2. The molecule has 0 saturated carbocycles. The maximum Gasteiger partial charge on any atom is 0.327 e. The lowest BCUT2D eigenvalue weighted by Crippen LogP contribution is -2.40. The summed E-state index contributed by atoms with van der Waals surface area (Å²) in [6.07, 6.45) is 0.686. The first kappa shape index (κ1) is 16.7. The number of rotatable bonds is 7. The Morgan fingerprint density at radius 3 is 2.71 bits per heavy atom. The number of nitrogens with zero attached hydrogens (tertiary/aromatic N) is 2. The second-order valence-electron chi connectivity index (χ2n) is 6.10. The number of benzene rings is 1. The highest BCUT2D eigenvalue weighted by Crippen LogP contribution is 2.27. The molecule has 7 heteroatoms. The van der Waals surface area contributed by atoms with Crippen molar-refractivity contribution in [1.82, 2.24) is 9.80 Å². The molecule has 130 valence electrons. The quantitative estimate of drug-likeness (QED) is 0.753. The fourth-order valence-electron chi connectivity index (χ4n) is 3.15. The zero-order valence-corrected chi connectivity index (χ0v) is 13.7. The number of methoxy groups -OCH3 is 1. The van der Waals surface area contributed by atoms with Crippen LogP contribution in [0.2, 0.25) is 0 Å². The lowest BCUT2D eigenvalue weighted by Gasteiger charge is -2.19. The number of amides is 3. The van der Waals surface area contributed by atoms with Crippen LogP contribution >= 0.6 is 0 Å². The molecule has 1 aromatic carbocycles. The smallest absolute Gasteiger partial charge is 0.327 e. The van der Waals surface area contributed by atoms with Gasteiger partial charge in [-0.15, -0.1) is 0 Å². The number of aliphatic hydroxyl groups is 1. The summed E-state index contributed by atoms with van der Waals surface area (Å²) in [6, 6.07) is 6.82. The molecule has 0 aromatic heterocycles. The second-order valence-corrected chi connectivity index (χ2v) is 6.10. The number of β-amino-alcohol motifs (C(OH)–C–C–N with tert-alkyl or cyclic N) is 1. The van der Waals surface area contributed by atoms with Crippen LogP contribution in [-0.4, -0.2) is 65.8 Å². The van der Waals surface area contributed by atoms with Crippen LogP contribution in [0.3, 0.4) is 0 Å². The van der Waals surface area contributed by atoms with Gasteiger partial charge in [-0.3, -0.25) is 9.69 Å². The molecule has 2 fully saturated rings. The Labute approximate surface area is 140 Å². The minimum atomic E-state index is -0.892. The number of aliphatic hydroxyl groups excluding tert-OH is 1. The minimum absolute atomic E-state index is 0.0206. The highest BCUT2D eigenvalue weighted by atomic mass is 16.5. The third-order valence-corrected chi connectivity index (χ3v) is 4.41. The molecule has 2 heterocycles. The standard InChI is InChI=1S/C17H22N2O5/c1-23-14-6-4-12(5-7-14)10-24-11-13(20)9-19-16(21)15-3-2-8-18(15)17(19)22/h4-7,13,15,20H,2-3,8-11H2,1H3/t13-,15-/m0/s1. The zero-order valence-electron chi connectivity index (χ0n) is 13.7. The maximum atomic E-state index is 12.2. The summed E-state index contributed by atoms with van der Waals surface area (Å²) in [6.45, 7) is 1.01. The van der Waals surface area contributed by atoms with Crippen LogP contribution in [0.4, 0.5) is 4.79 Å². The van der Waals surface area contributed by atoms with E-state index in [0.717, 1.165) is 22.6 Å². The van der Waals surface area contributed by atoms with Crippen molar-refractivity contribution in [3.05, 3.63) is 29.8 Å². The van der Waals surface area contributed by atoms with E-state index in [1.54, 1.807) is 12.0 Å².